The molecule has 2 nitrogen and oxygen atoms in total. The zero-order chi connectivity index (χ0) is 12.1. The molecule has 1 aliphatic rings. The SMILES string of the molecule is CCS(=O)CCNC1CC(c2ccccc2)C1. The molecule has 0 aromatic heterocycles. The summed E-state index contributed by atoms with van der Waals surface area (Å²) < 4.78 is 11.3. The molecule has 2 rings (SSSR count). The summed E-state index contributed by atoms with van der Waals surface area (Å²) in [7, 11) is -0.629. The number of benzene rings is 1. The van der Waals surface area contributed by atoms with Gasteiger partial charge in [0, 0.05) is 34.9 Å². The molecular weight excluding hydrogens is 230 g/mol. The number of hydrogen-bond acceptors (Lipinski definition) is 2. The predicted molar refractivity (Wildman–Crippen MR) is 73.8 cm³/mol. The van der Waals surface area contributed by atoms with Gasteiger partial charge in [-0.15, -0.1) is 0 Å². The Morgan fingerprint density at radius 2 is 2.00 bits per heavy atom. The molecule has 0 amide bonds. The second-order valence-electron chi connectivity index (χ2n) is 4.66. The summed E-state index contributed by atoms with van der Waals surface area (Å²) in [4.78, 5) is 0. The van der Waals surface area contributed by atoms with Gasteiger partial charge in [-0.1, -0.05) is 37.3 Å². The van der Waals surface area contributed by atoms with Crippen LogP contribution in [0.1, 0.15) is 31.2 Å². The van der Waals surface area contributed by atoms with Crippen LogP contribution in [0.25, 0.3) is 0 Å². The van der Waals surface area contributed by atoms with Gasteiger partial charge in [-0.25, -0.2) is 0 Å². The molecule has 3 heteroatoms. The molecule has 0 saturated heterocycles. The molecule has 0 radical (unpaired) electrons. The van der Waals surface area contributed by atoms with E-state index in [4.69, 9.17) is 0 Å². The highest BCUT2D eigenvalue weighted by Gasteiger charge is 2.29. The van der Waals surface area contributed by atoms with Crippen molar-refractivity contribution in [2.75, 3.05) is 18.1 Å². The van der Waals surface area contributed by atoms with Crippen molar-refractivity contribution in [2.45, 2.75) is 31.7 Å². The van der Waals surface area contributed by atoms with E-state index in [9.17, 15) is 4.21 Å². The molecule has 0 bridgehead atoms. The summed E-state index contributed by atoms with van der Waals surface area (Å²) in [5.74, 6) is 2.30. The van der Waals surface area contributed by atoms with Crippen LogP contribution in [0.5, 0.6) is 0 Å². The monoisotopic (exact) mass is 251 g/mol. The Morgan fingerprint density at radius 1 is 1.29 bits per heavy atom. The van der Waals surface area contributed by atoms with E-state index in [0.29, 0.717) is 6.04 Å². The lowest BCUT2D eigenvalue weighted by Crippen LogP contribution is -2.41. The molecule has 0 spiro atoms. The maximum absolute atomic E-state index is 11.3. The van der Waals surface area contributed by atoms with Crippen LogP contribution in [0.15, 0.2) is 30.3 Å². The van der Waals surface area contributed by atoms with Crippen LogP contribution in [-0.4, -0.2) is 28.3 Å². The summed E-state index contributed by atoms with van der Waals surface area (Å²) in [6.07, 6.45) is 2.45. The van der Waals surface area contributed by atoms with Gasteiger partial charge in [-0.2, -0.15) is 0 Å². The van der Waals surface area contributed by atoms with E-state index in [2.05, 4.69) is 35.6 Å². The Morgan fingerprint density at radius 3 is 2.65 bits per heavy atom. The van der Waals surface area contributed by atoms with Gasteiger partial charge in [0.1, 0.15) is 0 Å². The Kier molecular flexibility index (Phi) is 4.75. The van der Waals surface area contributed by atoms with Crippen molar-refractivity contribution in [3.8, 4) is 0 Å². The van der Waals surface area contributed by atoms with E-state index in [-0.39, 0.29) is 0 Å². The third-order valence-electron chi connectivity index (χ3n) is 3.49. The van der Waals surface area contributed by atoms with Gasteiger partial charge in [-0.05, 0) is 24.3 Å². The Bertz CT molecular complexity index is 360. The van der Waals surface area contributed by atoms with Crippen LogP contribution in [0, 0.1) is 0 Å². The van der Waals surface area contributed by atoms with E-state index < -0.39 is 10.8 Å². The zero-order valence-corrected chi connectivity index (χ0v) is 11.2. The Hall–Kier alpha value is -0.670. The molecule has 1 saturated carbocycles. The van der Waals surface area contributed by atoms with Crippen molar-refractivity contribution in [2.24, 2.45) is 0 Å². The third kappa shape index (κ3) is 3.65. The van der Waals surface area contributed by atoms with Crippen LogP contribution in [0.4, 0.5) is 0 Å². The second kappa shape index (κ2) is 6.31. The van der Waals surface area contributed by atoms with Crippen molar-refractivity contribution < 1.29 is 4.21 Å². The van der Waals surface area contributed by atoms with E-state index in [1.54, 1.807) is 0 Å². The largest absolute Gasteiger partial charge is 0.313 e. The molecule has 1 N–H and O–H groups in total. The van der Waals surface area contributed by atoms with E-state index in [1.807, 2.05) is 6.92 Å². The first-order valence-electron chi connectivity index (χ1n) is 6.43. The van der Waals surface area contributed by atoms with E-state index in [1.165, 1.54) is 18.4 Å². The summed E-state index contributed by atoms with van der Waals surface area (Å²) >= 11 is 0. The van der Waals surface area contributed by atoms with Gasteiger partial charge < -0.3 is 5.32 Å². The molecule has 17 heavy (non-hydrogen) atoms. The molecule has 1 aliphatic carbocycles. The van der Waals surface area contributed by atoms with Gasteiger partial charge in [0.2, 0.25) is 0 Å². The number of rotatable bonds is 6. The van der Waals surface area contributed by atoms with E-state index >= 15 is 0 Å². The first-order valence-corrected chi connectivity index (χ1v) is 7.91. The van der Waals surface area contributed by atoms with Crippen molar-refractivity contribution in [3.05, 3.63) is 35.9 Å². The first kappa shape index (κ1) is 12.8. The molecule has 0 heterocycles. The van der Waals surface area contributed by atoms with Crippen LogP contribution >= 0.6 is 0 Å². The lowest BCUT2D eigenvalue weighted by molar-refractivity contribution is 0.296. The maximum Gasteiger partial charge on any atom is 0.0360 e. The minimum atomic E-state index is -0.629. The summed E-state index contributed by atoms with van der Waals surface area (Å²) in [5.41, 5.74) is 1.46. The highest BCUT2D eigenvalue weighted by Crippen LogP contribution is 2.36. The Labute approximate surface area is 106 Å². The van der Waals surface area contributed by atoms with Crippen molar-refractivity contribution in [3.63, 3.8) is 0 Å². The molecule has 1 aromatic rings. The highest BCUT2D eigenvalue weighted by atomic mass is 32.2. The third-order valence-corrected chi connectivity index (χ3v) is 4.80. The highest BCUT2D eigenvalue weighted by molar-refractivity contribution is 7.84. The number of nitrogens with one attached hydrogen (secondary N) is 1. The van der Waals surface area contributed by atoms with Crippen LogP contribution in [0.3, 0.4) is 0 Å². The fraction of sp³-hybridized carbons (Fsp3) is 0.571. The van der Waals surface area contributed by atoms with E-state index in [0.717, 1.165) is 24.0 Å². The summed E-state index contributed by atoms with van der Waals surface area (Å²) in [6.45, 7) is 2.87. The zero-order valence-electron chi connectivity index (χ0n) is 10.4. The topological polar surface area (TPSA) is 29.1 Å². The molecular formula is C14H21NOS. The van der Waals surface area contributed by atoms with Crippen molar-refractivity contribution in [1.82, 2.24) is 5.32 Å². The minimum Gasteiger partial charge on any atom is -0.313 e. The lowest BCUT2D eigenvalue weighted by atomic mass is 9.76. The predicted octanol–water partition coefficient (Wildman–Crippen LogP) is 2.29. The van der Waals surface area contributed by atoms with Gasteiger partial charge in [-0.3, -0.25) is 4.21 Å². The first-order chi connectivity index (χ1) is 8.29. The fourth-order valence-corrected chi connectivity index (χ4v) is 2.94. The van der Waals surface area contributed by atoms with Gasteiger partial charge >= 0.3 is 0 Å². The lowest BCUT2D eigenvalue weighted by Gasteiger charge is -2.36. The average molecular weight is 251 g/mol. The molecule has 0 aliphatic heterocycles. The molecule has 1 unspecified atom stereocenters. The van der Waals surface area contributed by atoms with Gasteiger partial charge in [0.25, 0.3) is 0 Å². The van der Waals surface area contributed by atoms with Crippen molar-refractivity contribution in [1.29, 1.82) is 0 Å². The minimum absolute atomic E-state index is 0.629. The van der Waals surface area contributed by atoms with Crippen LogP contribution < -0.4 is 5.32 Å². The summed E-state index contributed by atoms with van der Waals surface area (Å²) in [5, 5.41) is 3.49. The average Bonchev–Trinajstić information content (AvgIpc) is 2.32. The molecule has 94 valence electrons. The summed E-state index contributed by atoms with van der Waals surface area (Å²) in [6, 6.07) is 11.4. The molecule has 1 fully saturated rings. The fourth-order valence-electron chi connectivity index (χ4n) is 2.30. The standard InChI is InChI=1S/C14H21NOS/c1-2-17(16)9-8-15-14-10-13(11-14)12-6-4-3-5-7-12/h3-7,13-15H,2,8-11H2,1H3. The smallest absolute Gasteiger partial charge is 0.0360 e. The quantitative estimate of drug-likeness (QED) is 0.840. The molecule has 1 atom stereocenters. The number of hydrogen-bond donors (Lipinski definition) is 1. The normalized spacial score (nSPS) is 25.2. The van der Waals surface area contributed by atoms with Crippen LogP contribution in [-0.2, 0) is 10.8 Å². The van der Waals surface area contributed by atoms with Gasteiger partial charge in [0.15, 0.2) is 0 Å². The molecule has 1 aromatic carbocycles. The van der Waals surface area contributed by atoms with Gasteiger partial charge in [0.05, 0.1) is 0 Å². The van der Waals surface area contributed by atoms with Crippen molar-refractivity contribution >= 4 is 10.8 Å². The van der Waals surface area contributed by atoms with Crippen LogP contribution in [0.2, 0.25) is 0 Å². The second-order valence-corrected chi connectivity index (χ2v) is 6.53. The Balaban J connectivity index is 1.64. The maximum atomic E-state index is 11.3.